The Hall–Kier alpha value is -1.76. The van der Waals surface area contributed by atoms with Crippen LogP contribution >= 0.6 is 0 Å². The molecule has 0 aromatic heterocycles. The molecule has 0 fully saturated rings. The summed E-state index contributed by atoms with van der Waals surface area (Å²) in [5.74, 6) is 0.366. The molecule has 1 heteroatoms. The molecular formula is C13H13N. The molecule has 0 spiro atoms. The molecule has 0 saturated heterocycles. The number of hydrogen-bond acceptors (Lipinski definition) is 1. The van der Waals surface area contributed by atoms with Crippen LogP contribution in [0.1, 0.15) is 11.5 Å². The third kappa shape index (κ3) is 1.94. The molecule has 14 heavy (non-hydrogen) atoms. The SMILES string of the molecule is Nc1ccc(C2C=CC=CC=C2)cc1. The van der Waals surface area contributed by atoms with E-state index in [9.17, 15) is 0 Å². The molecule has 1 aliphatic carbocycles. The minimum absolute atomic E-state index is 0.366. The predicted molar refractivity (Wildman–Crippen MR) is 61.0 cm³/mol. The second-order valence-electron chi connectivity index (χ2n) is 3.35. The van der Waals surface area contributed by atoms with Crippen LogP contribution in [0.2, 0.25) is 0 Å². The first-order valence-electron chi connectivity index (χ1n) is 4.73. The van der Waals surface area contributed by atoms with E-state index >= 15 is 0 Å². The summed E-state index contributed by atoms with van der Waals surface area (Å²) in [6.45, 7) is 0. The molecule has 0 unspecified atom stereocenters. The van der Waals surface area contributed by atoms with Gasteiger partial charge in [0.1, 0.15) is 0 Å². The second-order valence-corrected chi connectivity index (χ2v) is 3.35. The average Bonchev–Trinajstić information content (AvgIpc) is 2.47. The quantitative estimate of drug-likeness (QED) is 0.665. The normalized spacial score (nSPS) is 15.7. The number of benzene rings is 1. The number of allylic oxidation sites excluding steroid dienone is 6. The summed E-state index contributed by atoms with van der Waals surface area (Å²) in [7, 11) is 0. The molecule has 1 aromatic carbocycles. The smallest absolute Gasteiger partial charge is 0.0314 e. The van der Waals surface area contributed by atoms with E-state index in [1.807, 2.05) is 24.3 Å². The molecule has 0 amide bonds. The van der Waals surface area contributed by atoms with E-state index < -0.39 is 0 Å². The van der Waals surface area contributed by atoms with E-state index in [2.05, 4.69) is 36.4 Å². The summed E-state index contributed by atoms with van der Waals surface area (Å²) in [4.78, 5) is 0. The highest BCUT2D eigenvalue weighted by atomic mass is 14.5. The maximum Gasteiger partial charge on any atom is 0.0314 e. The Morgan fingerprint density at radius 2 is 1.36 bits per heavy atom. The first-order chi connectivity index (χ1) is 6.86. The molecule has 2 N–H and O–H groups in total. The van der Waals surface area contributed by atoms with Gasteiger partial charge in [0.2, 0.25) is 0 Å². The van der Waals surface area contributed by atoms with Crippen LogP contribution in [0.5, 0.6) is 0 Å². The van der Waals surface area contributed by atoms with Gasteiger partial charge in [0, 0.05) is 11.6 Å². The highest BCUT2D eigenvalue weighted by molar-refractivity contribution is 5.43. The van der Waals surface area contributed by atoms with Crippen molar-refractivity contribution < 1.29 is 0 Å². The number of nitrogen functional groups attached to an aromatic ring is 1. The molecule has 2 rings (SSSR count). The zero-order valence-electron chi connectivity index (χ0n) is 7.93. The lowest BCUT2D eigenvalue weighted by Crippen LogP contribution is -1.91. The average molecular weight is 183 g/mol. The third-order valence-corrected chi connectivity index (χ3v) is 2.29. The van der Waals surface area contributed by atoms with Crippen LogP contribution in [0.4, 0.5) is 5.69 Å². The van der Waals surface area contributed by atoms with Gasteiger partial charge in [0.05, 0.1) is 0 Å². The Morgan fingerprint density at radius 3 is 1.93 bits per heavy atom. The fraction of sp³-hybridized carbons (Fsp3) is 0.0769. The van der Waals surface area contributed by atoms with Crippen LogP contribution in [-0.2, 0) is 0 Å². The van der Waals surface area contributed by atoms with E-state index in [4.69, 9.17) is 5.73 Å². The summed E-state index contributed by atoms with van der Waals surface area (Å²) in [5.41, 5.74) is 7.73. The van der Waals surface area contributed by atoms with E-state index in [0.29, 0.717) is 5.92 Å². The summed E-state index contributed by atoms with van der Waals surface area (Å²) in [6, 6.07) is 8.02. The molecule has 0 heterocycles. The molecule has 1 aliphatic rings. The van der Waals surface area contributed by atoms with Crippen molar-refractivity contribution in [1.29, 1.82) is 0 Å². The lowest BCUT2D eigenvalue weighted by Gasteiger charge is -2.07. The van der Waals surface area contributed by atoms with E-state index in [1.165, 1.54) is 5.56 Å². The van der Waals surface area contributed by atoms with Crippen molar-refractivity contribution in [3.8, 4) is 0 Å². The van der Waals surface area contributed by atoms with Crippen LogP contribution in [0.3, 0.4) is 0 Å². The van der Waals surface area contributed by atoms with Crippen LogP contribution in [0, 0.1) is 0 Å². The van der Waals surface area contributed by atoms with Gasteiger partial charge in [0.15, 0.2) is 0 Å². The number of anilines is 1. The molecular weight excluding hydrogens is 170 g/mol. The minimum atomic E-state index is 0.366. The lowest BCUT2D eigenvalue weighted by molar-refractivity contribution is 1.09. The molecule has 1 aromatic rings. The molecule has 1 nitrogen and oxygen atoms in total. The number of nitrogens with two attached hydrogens (primary N) is 1. The van der Waals surface area contributed by atoms with Crippen molar-refractivity contribution in [2.45, 2.75) is 5.92 Å². The van der Waals surface area contributed by atoms with Crippen molar-refractivity contribution in [2.24, 2.45) is 0 Å². The zero-order chi connectivity index (χ0) is 9.80. The van der Waals surface area contributed by atoms with Crippen LogP contribution in [0.15, 0.2) is 60.7 Å². The van der Waals surface area contributed by atoms with Crippen LogP contribution in [-0.4, -0.2) is 0 Å². The molecule has 0 bridgehead atoms. The van der Waals surface area contributed by atoms with E-state index in [1.54, 1.807) is 0 Å². The number of rotatable bonds is 1. The molecule has 0 aliphatic heterocycles. The number of hydrogen-bond donors (Lipinski definition) is 1. The highest BCUT2D eigenvalue weighted by Gasteiger charge is 2.03. The van der Waals surface area contributed by atoms with Gasteiger partial charge < -0.3 is 5.73 Å². The Balaban J connectivity index is 2.27. The highest BCUT2D eigenvalue weighted by Crippen LogP contribution is 2.21. The Morgan fingerprint density at radius 1 is 0.786 bits per heavy atom. The van der Waals surface area contributed by atoms with Crippen LogP contribution in [0.25, 0.3) is 0 Å². The van der Waals surface area contributed by atoms with Gasteiger partial charge >= 0.3 is 0 Å². The second kappa shape index (κ2) is 3.97. The van der Waals surface area contributed by atoms with Crippen LogP contribution < -0.4 is 5.73 Å². The molecule has 0 saturated carbocycles. The summed E-state index contributed by atoms with van der Waals surface area (Å²) < 4.78 is 0. The van der Waals surface area contributed by atoms with Crippen molar-refractivity contribution in [2.75, 3.05) is 5.73 Å². The first-order valence-corrected chi connectivity index (χ1v) is 4.73. The van der Waals surface area contributed by atoms with Gasteiger partial charge in [-0.1, -0.05) is 48.6 Å². The van der Waals surface area contributed by atoms with Crippen molar-refractivity contribution >= 4 is 5.69 Å². The maximum atomic E-state index is 5.64. The fourth-order valence-corrected chi connectivity index (χ4v) is 1.50. The van der Waals surface area contributed by atoms with Crippen molar-refractivity contribution in [3.05, 3.63) is 66.3 Å². The minimum Gasteiger partial charge on any atom is -0.399 e. The Bertz CT molecular complexity index is 366. The van der Waals surface area contributed by atoms with Gasteiger partial charge in [-0.25, -0.2) is 0 Å². The van der Waals surface area contributed by atoms with Gasteiger partial charge in [0.25, 0.3) is 0 Å². The predicted octanol–water partition coefficient (Wildman–Crippen LogP) is 3.03. The first kappa shape index (κ1) is 8.82. The van der Waals surface area contributed by atoms with Gasteiger partial charge in [-0.15, -0.1) is 0 Å². The molecule has 70 valence electrons. The van der Waals surface area contributed by atoms with Gasteiger partial charge in [-0.05, 0) is 17.7 Å². The topological polar surface area (TPSA) is 26.0 Å². The monoisotopic (exact) mass is 183 g/mol. The Labute approximate surface area is 84.3 Å². The van der Waals surface area contributed by atoms with Gasteiger partial charge in [-0.2, -0.15) is 0 Å². The molecule has 0 radical (unpaired) electrons. The van der Waals surface area contributed by atoms with Crippen molar-refractivity contribution in [3.63, 3.8) is 0 Å². The summed E-state index contributed by atoms with van der Waals surface area (Å²) in [6.07, 6.45) is 12.6. The summed E-state index contributed by atoms with van der Waals surface area (Å²) >= 11 is 0. The third-order valence-electron chi connectivity index (χ3n) is 2.29. The zero-order valence-corrected chi connectivity index (χ0v) is 7.93. The largest absolute Gasteiger partial charge is 0.399 e. The van der Waals surface area contributed by atoms with E-state index in [0.717, 1.165) is 5.69 Å². The van der Waals surface area contributed by atoms with Gasteiger partial charge in [-0.3, -0.25) is 0 Å². The molecule has 0 atom stereocenters. The fourth-order valence-electron chi connectivity index (χ4n) is 1.50. The van der Waals surface area contributed by atoms with E-state index in [-0.39, 0.29) is 0 Å². The lowest BCUT2D eigenvalue weighted by atomic mass is 9.98. The maximum absolute atomic E-state index is 5.64. The summed E-state index contributed by atoms with van der Waals surface area (Å²) in [5, 5.41) is 0. The Kier molecular flexibility index (Phi) is 2.50. The standard InChI is InChI=1S/C13H13N/c14-13-9-7-12(8-10-13)11-5-3-1-2-4-6-11/h1-11H,14H2. The van der Waals surface area contributed by atoms with Crippen molar-refractivity contribution in [1.82, 2.24) is 0 Å².